The van der Waals surface area contributed by atoms with Crippen molar-refractivity contribution in [2.75, 3.05) is 43.5 Å². The summed E-state index contributed by atoms with van der Waals surface area (Å²) in [6.07, 6.45) is 0.321. The number of rotatable bonds is 6. The van der Waals surface area contributed by atoms with Crippen LogP contribution in [0, 0.1) is 0 Å². The predicted octanol–water partition coefficient (Wildman–Crippen LogP) is 2.91. The second kappa shape index (κ2) is 9.42. The number of methoxy groups -OCH3 is 1. The van der Waals surface area contributed by atoms with Crippen LogP contribution >= 0.6 is 11.3 Å². The molecule has 0 bridgehead atoms. The average molecular weight is 432 g/mol. The molecule has 0 atom stereocenters. The molecule has 8 nitrogen and oxygen atoms in total. The van der Waals surface area contributed by atoms with Gasteiger partial charge in [-0.15, -0.1) is 10.2 Å². The summed E-state index contributed by atoms with van der Waals surface area (Å²) >= 11 is 1.37. The van der Waals surface area contributed by atoms with Crippen LogP contribution in [-0.4, -0.2) is 60.2 Å². The summed E-state index contributed by atoms with van der Waals surface area (Å²) in [5, 5.41) is 12.2. The Kier molecular flexibility index (Phi) is 6.91. The Morgan fingerprint density at radius 2 is 1.80 bits per heavy atom. The van der Waals surface area contributed by atoms with Gasteiger partial charge in [0.15, 0.2) is 0 Å². The van der Waals surface area contributed by atoms with Gasteiger partial charge in [0.25, 0.3) is 0 Å². The lowest BCUT2D eigenvalue weighted by Gasteiger charge is -2.36. The van der Waals surface area contributed by atoms with E-state index in [2.05, 4.69) is 20.4 Å². The number of hydrogen-bond donors (Lipinski definition) is 1. The lowest BCUT2D eigenvalue weighted by Crippen LogP contribution is -2.49. The molecule has 0 unspecified atom stereocenters. The van der Waals surface area contributed by atoms with E-state index in [1.807, 2.05) is 49.9 Å². The Hall–Kier alpha value is -2.68. The zero-order valence-corrected chi connectivity index (χ0v) is 18.8. The number of piperazine rings is 1. The normalized spacial score (nSPS) is 14.5. The number of carbonyl (C=O) groups excluding carboxylic acids is 2. The molecule has 1 aliphatic rings. The van der Waals surface area contributed by atoms with E-state index in [0.29, 0.717) is 18.2 Å². The van der Waals surface area contributed by atoms with Crippen LogP contribution in [-0.2, 0) is 15.0 Å². The first-order valence-electron chi connectivity index (χ1n) is 10.1. The summed E-state index contributed by atoms with van der Waals surface area (Å²) in [6, 6.07) is 7.89. The first kappa shape index (κ1) is 22.0. The first-order chi connectivity index (χ1) is 14.3. The number of ether oxygens (including phenoxy) is 1. The van der Waals surface area contributed by atoms with Crippen molar-refractivity contribution in [3.8, 4) is 5.75 Å². The number of carbonyl (C=O) groups is 2. The Balaban J connectivity index is 1.44. The van der Waals surface area contributed by atoms with Crippen LogP contribution in [0.3, 0.4) is 0 Å². The van der Waals surface area contributed by atoms with Gasteiger partial charge in [0.2, 0.25) is 16.9 Å². The van der Waals surface area contributed by atoms with Gasteiger partial charge in [-0.05, 0) is 12.1 Å². The van der Waals surface area contributed by atoms with Gasteiger partial charge in [0.1, 0.15) is 10.8 Å². The summed E-state index contributed by atoms with van der Waals surface area (Å²) < 4.78 is 5.43. The molecule has 162 valence electrons. The largest absolute Gasteiger partial charge is 0.495 e. The topological polar surface area (TPSA) is 87.7 Å². The molecule has 1 N–H and O–H groups in total. The van der Waals surface area contributed by atoms with E-state index in [4.69, 9.17) is 4.74 Å². The lowest BCUT2D eigenvalue weighted by atomic mass is 9.98. The molecule has 2 amide bonds. The smallest absolute Gasteiger partial charge is 0.226 e. The van der Waals surface area contributed by atoms with Gasteiger partial charge < -0.3 is 19.9 Å². The van der Waals surface area contributed by atoms with E-state index in [1.54, 1.807) is 7.11 Å². The summed E-state index contributed by atoms with van der Waals surface area (Å²) in [5.74, 6) is 0.616. The van der Waals surface area contributed by atoms with Crippen molar-refractivity contribution in [2.24, 2.45) is 0 Å². The van der Waals surface area contributed by atoms with Crippen LogP contribution < -0.4 is 15.0 Å². The van der Waals surface area contributed by atoms with E-state index in [-0.39, 0.29) is 30.1 Å². The molecule has 2 heterocycles. The van der Waals surface area contributed by atoms with Gasteiger partial charge in [-0.1, -0.05) is 44.2 Å². The number of nitrogens with zero attached hydrogens (tertiary/aromatic N) is 4. The zero-order chi connectivity index (χ0) is 21.7. The fourth-order valence-corrected chi connectivity index (χ4v) is 4.04. The number of para-hydroxylation sites is 2. The van der Waals surface area contributed by atoms with Crippen molar-refractivity contribution in [2.45, 2.75) is 39.0 Å². The minimum atomic E-state index is -0.215. The molecule has 2 aromatic rings. The zero-order valence-electron chi connectivity index (χ0n) is 18.0. The molecule has 0 spiro atoms. The summed E-state index contributed by atoms with van der Waals surface area (Å²) in [5.41, 5.74) is 0.931. The average Bonchev–Trinajstić information content (AvgIpc) is 3.21. The monoisotopic (exact) mass is 431 g/mol. The summed E-state index contributed by atoms with van der Waals surface area (Å²) in [7, 11) is 1.66. The van der Waals surface area contributed by atoms with Crippen LogP contribution in [0.15, 0.2) is 24.3 Å². The molecule has 30 heavy (non-hydrogen) atoms. The third-order valence-electron chi connectivity index (χ3n) is 4.94. The lowest BCUT2D eigenvalue weighted by molar-refractivity contribution is -0.133. The number of nitrogens with one attached hydrogen (secondary N) is 1. The van der Waals surface area contributed by atoms with Gasteiger partial charge in [0.05, 0.1) is 12.8 Å². The fourth-order valence-electron chi connectivity index (χ4n) is 3.22. The number of hydrogen-bond acceptors (Lipinski definition) is 7. The van der Waals surface area contributed by atoms with Crippen LogP contribution in [0.25, 0.3) is 0 Å². The van der Waals surface area contributed by atoms with E-state index in [9.17, 15) is 9.59 Å². The minimum Gasteiger partial charge on any atom is -0.495 e. The quantitative estimate of drug-likeness (QED) is 0.757. The molecule has 1 aromatic carbocycles. The standard InChI is InChI=1S/C21H29N5O3S/c1-21(2,3)19-23-24-20(30-19)22-17(27)9-10-18(28)26-13-11-25(12-14-26)15-7-5-6-8-16(15)29-4/h5-8H,9-14H2,1-4H3,(H,22,24,27). The van der Waals surface area contributed by atoms with Crippen LogP contribution in [0.1, 0.15) is 38.6 Å². The molecule has 0 saturated carbocycles. The number of anilines is 2. The molecule has 0 radical (unpaired) electrons. The summed E-state index contributed by atoms with van der Waals surface area (Å²) in [4.78, 5) is 28.8. The molecule has 1 aliphatic heterocycles. The predicted molar refractivity (Wildman–Crippen MR) is 118 cm³/mol. The van der Waals surface area contributed by atoms with Gasteiger partial charge in [-0.25, -0.2) is 0 Å². The SMILES string of the molecule is COc1ccccc1N1CCN(C(=O)CCC(=O)Nc2nnc(C(C)(C)C)s2)CC1. The van der Waals surface area contributed by atoms with Gasteiger partial charge in [0, 0.05) is 44.4 Å². The number of benzene rings is 1. The molecule has 0 aliphatic carbocycles. The van der Waals surface area contributed by atoms with E-state index in [1.165, 1.54) is 11.3 Å². The molecule has 9 heteroatoms. The third kappa shape index (κ3) is 5.47. The highest BCUT2D eigenvalue weighted by molar-refractivity contribution is 7.15. The van der Waals surface area contributed by atoms with Gasteiger partial charge in [-0.2, -0.15) is 0 Å². The highest BCUT2D eigenvalue weighted by Crippen LogP contribution is 2.29. The van der Waals surface area contributed by atoms with E-state index < -0.39 is 0 Å². The third-order valence-corrected chi connectivity index (χ3v) is 6.20. The van der Waals surface area contributed by atoms with Crippen molar-refractivity contribution in [3.05, 3.63) is 29.3 Å². The molecular weight excluding hydrogens is 402 g/mol. The van der Waals surface area contributed by atoms with Crippen molar-refractivity contribution in [1.29, 1.82) is 0 Å². The van der Waals surface area contributed by atoms with E-state index >= 15 is 0 Å². The Morgan fingerprint density at radius 1 is 1.10 bits per heavy atom. The Morgan fingerprint density at radius 3 is 2.43 bits per heavy atom. The van der Waals surface area contributed by atoms with Crippen molar-refractivity contribution >= 4 is 34.0 Å². The second-order valence-electron chi connectivity index (χ2n) is 8.25. The van der Waals surface area contributed by atoms with Gasteiger partial charge >= 0.3 is 0 Å². The maximum Gasteiger partial charge on any atom is 0.226 e. The molecule has 1 fully saturated rings. The highest BCUT2D eigenvalue weighted by atomic mass is 32.1. The number of aromatic nitrogens is 2. The van der Waals surface area contributed by atoms with E-state index in [0.717, 1.165) is 29.5 Å². The maximum absolute atomic E-state index is 12.5. The summed E-state index contributed by atoms with van der Waals surface area (Å²) in [6.45, 7) is 8.87. The molecule has 1 saturated heterocycles. The van der Waals surface area contributed by atoms with Crippen molar-refractivity contribution in [3.63, 3.8) is 0 Å². The van der Waals surface area contributed by atoms with Crippen LogP contribution in [0.4, 0.5) is 10.8 Å². The van der Waals surface area contributed by atoms with Crippen LogP contribution in [0.5, 0.6) is 5.75 Å². The minimum absolute atomic E-state index is 0.00234. The van der Waals surface area contributed by atoms with Crippen LogP contribution in [0.2, 0.25) is 0 Å². The molecular formula is C21H29N5O3S. The first-order valence-corrected chi connectivity index (χ1v) is 10.9. The maximum atomic E-state index is 12.5. The highest BCUT2D eigenvalue weighted by Gasteiger charge is 2.24. The fraction of sp³-hybridized carbons (Fsp3) is 0.524. The molecule has 1 aromatic heterocycles. The Bertz CT molecular complexity index is 885. The van der Waals surface area contributed by atoms with Crippen molar-refractivity contribution < 1.29 is 14.3 Å². The number of amides is 2. The van der Waals surface area contributed by atoms with Crippen molar-refractivity contribution in [1.82, 2.24) is 15.1 Å². The van der Waals surface area contributed by atoms with Gasteiger partial charge in [-0.3, -0.25) is 9.59 Å². The second-order valence-corrected chi connectivity index (χ2v) is 9.23. The molecule has 3 rings (SSSR count). The Labute approximate surface area is 181 Å².